The van der Waals surface area contributed by atoms with E-state index < -0.39 is 17.9 Å². The third-order valence-electron chi connectivity index (χ3n) is 4.86. The lowest BCUT2D eigenvalue weighted by Crippen LogP contribution is -2.48. The van der Waals surface area contributed by atoms with Gasteiger partial charge in [0, 0.05) is 32.7 Å². The summed E-state index contributed by atoms with van der Waals surface area (Å²) in [4.78, 5) is 38.7. The van der Waals surface area contributed by atoms with E-state index in [1.54, 1.807) is 4.90 Å². The molecule has 10 nitrogen and oxygen atoms in total. The molecule has 0 saturated carbocycles. The number of carboxylic acid groups (broad SMARTS) is 1. The Morgan fingerprint density at radius 3 is 2.62 bits per heavy atom. The molecule has 0 aromatic rings. The summed E-state index contributed by atoms with van der Waals surface area (Å²) in [7, 11) is 0. The molecule has 168 valence electrons. The molecule has 1 heterocycles. The van der Waals surface area contributed by atoms with Crippen LogP contribution >= 0.6 is 12.4 Å². The van der Waals surface area contributed by atoms with Crippen molar-refractivity contribution >= 4 is 36.2 Å². The number of piperidine rings is 1. The van der Waals surface area contributed by atoms with Crippen LogP contribution in [-0.2, 0) is 14.4 Å². The number of guanidine groups is 1. The lowest BCUT2D eigenvalue weighted by atomic mass is 9.98. The van der Waals surface area contributed by atoms with Gasteiger partial charge in [0.25, 0.3) is 0 Å². The highest BCUT2D eigenvalue weighted by molar-refractivity contribution is 5.88. The minimum atomic E-state index is -0.995. The number of hydrogen-bond donors (Lipinski definition) is 5. The standard InChI is InChI=1S/C18H34N6O4.ClH/c1-2-3-7-23(9-6-16(26)27)17(28)14(19)10-15(25)22-11-13-5-4-8-24(12-13)18(20)21;/h13-14H,2-12,19H2,1H3,(H3,20,21)(H,22,25)(H,26,27);1H/t13-,14-;/m0./s1. The number of hydrogen-bond acceptors (Lipinski definition) is 5. The first kappa shape index (κ1) is 26.9. The van der Waals surface area contributed by atoms with E-state index in [9.17, 15) is 14.4 Å². The Morgan fingerprint density at radius 2 is 2.03 bits per heavy atom. The fourth-order valence-corrected chi connectivity index (χ4v) is 3.21. The van der Waals surface area contributed by atoms with Gasteiger partial charge in [-0.25, -0.2) is 0 Å². The summed E-state index contributed by atoms with van der Waals surface area (Å²) in [5, 5.41) is 19.2. The maximum Gasteiger partial charge on any atom is 0.305 e. The van der Waals surface area contributed by atoms with E-state index in [1.165, 1.54) is 4.90 Å². The van der Waals surface area contributed by atoms with Crippen LogP contribution in [0.25, 0.3) is 0 Å². The quantitative estimate of drug-likeness (QED) is 0.224. The van der Waals surface area contributed by atoms with E-state index in [2.05, 4.69) is 5.32 Å². The molecular formula is C18H35ClN6O4. The van der Waals surface area contributed by atoms with Crippen molar-refractivity contribution in [1.82, 2.24) is 15.1 Å². The van der Waals surface area contributed by atoms with E-state index in [0.717, 1.165) is 32.2 Å². The molecule has 0 unspecified atom stereocenters. The van der Waals surface area contributed by atoms with E-state index in [0.29, 0.717) is 19.6 Å². The van der Waals surface area contributed by atoms with Crippen LogP contribution in [0.1, 0.15) is 45.4 Å². The van der Waals surface area contributed by atoms with Crippen molar-refractivity contribution in [3.05, 3.63) is 0 Å². The monoisotopic (exact) mass is 434 g/mol. The molecule has 0 aliphatic carbocycles. The van der Waals surface area contributed by atoms with Crippen LogP contribution in [0.5, 0.6) is 0 Å². The molecule has 1 rings (SSSR count). The second kappa shape index (κ2) is 14.0. The summed E-state index contributed by atoms with van der Waals surface area (Å²) in [6.07, 6.45) is 3.17. The number of carbonyl (C=O) groups excluding carboxylic acids is 2. The number of amides is 2. The van der Waals surface area contributed by atoms with Crippen molar-refractivity contribution in [3.8, 4) is 0 Å². The molecule has 1 saturated heterocycles. The van der Waals surface area contributed by atoms with E-state index in [1.807, 2.05) is 6.92 Å². The summed E-state index contributed by atoms with van der Waals surface area (Å²) in [5.74, 6) is -1.45. The molecule has 0 aromatic carbocycles. The molecule has 1 fully saturated rings. The molecule has 0 aromatic heterocycles. The van der Waals surface area contributed by atoms with Crippen LogP contribution in [0.2, 0.25) is 0 Å². The van der Waals surface area contributed by atoms with Gasteiger partial charge >= 0.3 is 5.97 Å². The van der Waals surface area contributed by atoms with E-state index in [4.69, 9.17) is 22.0 Å². The van der Waals surface area contributed by atoms with Crippen molar-refractivity contribution in [2.45, 2.75) is 51.5 Å². The summed E-state index contributed by atoms with van der Waals surface area (Å²) in [6.45, 7) is 4.32. The second-order valence-electron chi connectivity index (χ2n) is 7.28. The number of aliphatic carboxylic acids is 1. The number of likely N-dealkylation sites (tertiary alicyclic amines) is 1. The number of carbonyl (C=O) groups is 3. The lowest BCUT2D eigenvalue weighted by molar-refractivity contribution is -0.139. The van der Waals surface area contributed by atoms with Crippen LogP contribution in [0.15, 0.2) is 0 Å². The third-order valence-corrected chi connectivity index (χ3v) is 4.86. The summed E-state index contributed by atoms with van der Waals surface area (Å²) in [5.41, 5.74) is 11.4. The topological polar surface area (TPSA) is 166 Å². The van der Waals surface area contributed by atoms with Gasteiger partial charge in [0.05, 0.1) is 18.9 Å². The number of carboxylic acids is 1. The molecule has 0 bridgehead atoms. The Bertz CT molecular complexity index is 562. The van der Waals surface area contributed by atoms with Gasteiger partial charge in [-0.15, -0.1) is 12.4 Å². The molecule has 1 aliphatic rings. The van der Waals surface area contributed by atoms with Crippen molar-refractivity contribution in [1.29, 1.82) is 5.41 Å². The van der Waals surface area contributed by atoms with Gasteiger partial charge in [0.15, 0.2) is 5.96 Å². The average Bonchev–Trinajstić information content (AvgIpc) is 2.66. The molecule has 29 heavy (non-hydrogen) atoms. The Labute approximate surface area is 178 Å². The minimum absolute atomic E-state index is 0. The first-order valence-electron chi connectivity index (χ1n) is 9.86. The zero-order chi connectivity index (χ0) is 21.1. The number of nitrogens with two attached hydrogens (primary N) is 2. The second-order valence-corrected chi connectivity index (χ2v) is 7.28. The van der Waals surface area contributed by atoms with Crippen LogP contribution in [0.3, 0.4) is 0 Å². The summed E-state index contributed by atoms with van der Waals surface area (Å²) >= 11 is 0. The van der Waals surface area contributed by atoms with E-state index in [-0.39, 0.29) is 49.6 Å². The van der Waals surface area contributed by atoms with Gasteiger partial charge in [-0.3, -0.25) is 19.8 Å². The number of nitrogens with zero attached hydrogens (tertiary/aromatic N) is 2. The molecule has 1 aliphatic heterocycles. The molecule has 7 N–H and O–H groups in total. The first-order chi connectivity index (χ1) is 13.2. The highest BCUT2D eigenvalue weighted by Gasteiger charge is 2.25. The Morgan fingerprint density at radius 1 is 1.34 bits per heavy atom. The summed E-state index contributed by atoms with van der Waals surface area (Å²) in [6, 6.07) is -0.995. The largest absolute Gasteiger partial charge is 0.481 e. The van der Waals surface area contributed by atoms with Crippen molar-refractivity contribution in [2.75, 3.05) is 32.7 Å². The fraction of sp³-hybridized carbons (Fsp3) is 0.778. The molecular weight excluding hydrogens is 400 g/mol. The SMILES string of the molecule is CCCCN(CCC(=O)O)C(=O)[C@@H](N)CC(=O)NC[C@@H]1CCCN(C(=N)N)C1.Cl. The number of unbranched alkanes of at least 4 members (excludes halogenated alkanes) is 1. The minimum Gasteiger partial charge on any atom is -0.481 e. The maximum absolute atomic E-state index is 12.5. The highest BCUT2D eigenvalue weighted by Crippen LogP contribution is 2.15. The smallest absolute Gasteiger partial charge is 0.305 e. The number of rotatable bonds is 11. The van der Waals surface area contributed by atoms with Gasteiger partial charge in [-0.1, -0.05) is 13.3 Å². The normalized spacial score (nSPS) is 17.0. The van der Waals surface area contributed by atoms with Gasteiger partial charge in [-0.2, -0.15) is 0 Å². The predicted octanol–water partition coefficient (Wildman–Crippen LogP) is -0.0493. The van der Waals surface area contributed by atoms with Gasteiger partial charge < -0.3 is 31.7 Å². The summed E-state index contributed by atoms with van der Waals surface area (Å²) < 4.78 is 0. The molecule has 11 heteroatoms. The molecule has 0 radical (unpaired) electrons. The van der Waals surface area contributed by atoms with Gasteiger partial charge in [-0.05, 0) is 25.2 Å². The lowest BCUT2D eigenvalue weighted by Gasteiger charge is -2.33. The Balaban J connectivity index is 0.00000784. The predicted molar refractivity (Wildman–Crippen MR) is 113 cm³/mol. The van der Waals surface area contributed by atoms with E-state index >= 15 is 0 Å². The Hall–Kier alpha value is -2.07. The van der Waals surface area contributed by atoms with Crippen LogP contribution in [0.4, 0.5) is 0 Å². The molecule has 2 atom stereocenters. The molecule has 0 spiro atoms. The first-order valence-corrected chi connectivity index (χ1v) is 9.86. The zero-order valence-corrected chi connectivity index (χ0v) is 17.9. The van der Waals surface area contributed by atoms with Crippen molar-refractivity contribution in [3.63, 3.8) is 0 Å². The number of halogens is 1. The fourth-order valence-electron chi connectivity index (χ4n) is 3.21. The van der Waals surface area contributed by atoms with Crippen molar-refractivity contribution < 1.29 is 19.5 Å². The zero-order valence-electron chi connectivity index (χ0n) is 17.1. The molecule has 2 amide bonds. The van der Waals surface area contributed by atoms with Gasteiger partial charge in [0.1, 0.15) is 0 Å². The van der Waals surface area contributed by atoms with Crippen LogP contribution < -0.4 is 16.8 Å². The van der Waals surface area contributed by atoms with Crippen LogP contribution in [-0.4, -0.2) is 77.4 Å². The van der Waals surface area contributed by atoms with Gasteiger partial charge in [0.2, 0.25) is 11.8 Å². The Kier molecular flexibility index (Phi) is 13.0. The maximum atomic E-state index is 12.5. The average molecular weight is 435 g/mol. The highest BCUT2D eigenvalue weighted by atomic mass is 35.5. The third kappa shape index (κ3) is 10.3. The number of nitrogens with one attached hydrogen (secondary N) is 2. The van der Waals surface area contributed by atoms with Crippen molar-refractivity contribution in [2.24, 2.45) is 17.4 Å². The van der Waals surface area contributed by atoms with Crippen LogP contribution in [0, 0.1) is 11.3 Å².